The zero-order valence-electron chi connectivity index (χ0n) is 8.12. The highest BCUT2D eigenvalue weighted by atomic mass is 79.9. The van der Waals surface area contributed by atoms with Gasteiger partial charge in [0.25, 0.3) is 0 Å². The molecule has 4 nitrogen and oxygen atoms in total. The summed E-state index contributed by atoms with van der Waals surface area (Å²) in [7, 11) is 1.15. The second-order valence-corrected chi connectivity index (χ2v) is 4.04. The second-order valence-electron chi connectivity index (χ2n) is 3.18. The minimum Gasteiger partial charge on any atom is -0.468 e. The van der Waals surface area contributed by atoms with Crippen LogP contribution < -0.4 is 4.74 Å². The third kappa shape index (κ3) is 1.59. The molecule has 0 fully saturated rings. The van der Waals surface area contributed by atoms with Crippen molar-refractivity contribution in [1.29, 1.82) is 0 Å². The van der Waals surface area contributed by atoms with Crippen LogP contribution in [0.1, 0.15) is 11.5 Å². The molecule has 0 aliphatic carbocycles. The number of carbonyl (C=O) groups is 2. The summed E-state index contributed by atoms with van der Waals surface area (Å²) < 4.78 is 22.8. The van der Waals surface area contributed by atoms with Crippen LogP contribution in [-0.4, -0.2) is 19.0 Å². The average molecular weight is 289 g/mol. The van der Waals surface area contributed by atoms with Gasteiger partial charge in [-0.15, -0.1) is 0 Å². The lowest BCUT2D eigenvalue weighted by molar-refractivity contribution is -0.149. The van der Waals surface area contributed by atoms with Crippen molar-refractivity contribution in [2.45, 2.75) is 5.92 Å². The fraction of sp³-hybridized carbons (Fsp3) is 0.200. The number of fused-ring (bicyclic) bond motifs is 1. The van der Waals surface area contributed by atoms with Crippen molar-refractivity contribution >= 4 is 27.9 Å². The molecule has 0 bridgehead atoms. The minimum absolute atomic E-state index is 0.168. The Morgan fingerprint density at radius 3 is 2.88 bits per heavy atom. The Morgan fingerprint density at radius 1 is 1.56 bits per heavy atom. The van der Waals surface area contributed by atoms with E-state index in [1.165, 1.54) is 0 Å². The predicted molar refractivity (Wildman–Crippen MR) is 54.5 cm³/mol. The first-order chi connectivity index (χ1) is 7.54. The van der Waals surface area contributed by atoms with E-state index in [9.17, 15) is 14.0 Å². The van der Waals surface area contributed by atoms with Crippen molar-refractivity contribution in [1.82, 2.24) is 0 Å². The summed E-state index contributed by atoms with van der Waals surface area (Å²) >= 11 is 3.05. The third-order valence-corrected chi connectivity index (χ3v) is 2.81. The Morgan fingerprint density at radius 2 is 2.25 bits per heavy atom. The molecule has 0 saturated heterocycles. The van der Waals surface area contributed by atoms with E-state index in [4.69, 9.17) is 4.74 Å². The molecule has 1 heterocycles. The normalized spacial score (nSPS) is 17.9. The molecule has 84 valence electrons. The first-order valence-corrected chi connectivity index (χ1v) is 5.12. The van der Waals surface area contributed by atoms with Gasteiger partial charge >= 0.3 is 11.9 Å². The van der Waals surface area contributed by atoms with Gasteiger partial charge in [-0.25, -0.2) is 4.39 Å². The molecule has 1 atom stereocenters. The molecule has 0 spiro atoms. The molecular weight excluding hydrogens is 283 g/mol. The Hall–Kier alpha value is -1.43. The molecule has 0 saturated carbocycles. The lowest BCUT2D eigenvalue weighted by Gasteiger charge is -2.04. The number of hydrogen-bond donors (Lipinski definition) is 0. The number of benzene rings is 1. The third-order valence-electron chi connectivity index (χ3n) is 2.22. The van der Waals surface area contributed by atoms with Gasteiger partial charge in [0.2, 0.25) is 0 Å². The SMILES string of the molecule is COC(=O)C1C(=O)Oc2c(Br)cc(F)cc21. The van der Waals surface area contributed by atoms with Crippen molar-refractivity contribution in [3.05, 3.63) is 28.0 Å². The number of esters is 2. The summed E-state index contributed by atoms with van der Waals surface area (Å²) in [5.41, 5.74) is 0.184. The topological polar surface area (TPSA) is 52.6 Å². The first kappa shape index (κ1) is 11.1. The van der Waals surface area contributed by atoms with Crippen LogP contribution in [0, 0.1) is 5.82 Å². The number of hydrogen-bond acceptors (Lipinski definition) is 4. The largest absolute Gasteiger partial charge is 0.468 e. The molecule has 1 aliphatic rings. The first-order valence-electron chi connectivity index (χ1n) is 4.33. The summed E-state index contributed by atoms with van der Waals surface area (Å²) in [6.45, 7) is 0. The molecule has 1 aromatic rings. The monoisotopic (exact) mass is 288 g/mol. The predicted octanol–water partition coefficient (Wildman–Crippen LogP) is 1.76. The summed E-state index contributed by atoms with van der Waals surface area (Å²) in [4.78, 5) is 22.8. The Kier molecular flexibility index (Phi) is 2.67. The Labute approximate surface area is 98.5 Å². The van der Waals surface area contributed by atoms with Gasteiger partial charge in [0.15, 0.2) is 5.92 Å². The van der Waals surface area contributed by atoms with E-state index >= 15 is 0 Å². The smallest absolute Gasteiger partial charge is 0.330 e. The highest BCUT2D eigenvalue weighted by Crippen LogP contribution is 2.41. The second kappa shape index (κ2) is 3.86. The van der Waals surface area contributed by atoms with Gasteiger partial charge in [-0.1, -0.05) is 0 Å². The van der Waals surface area contributed by atoms with Crippen LogP contribution in [0.25, 0.3) is 0 Å². The molecule has 6 heteroatoms. The van der Waals surface area contributed by atoms with Crippen LogP contribution in [0.5, 0.6) is 5.75 Å². The average Bonchev–Trinajstić information content (AvgIpc) is 2.54. The van der Waals surface area contributed by atoms with E-state index in [1.54, 1.807) is 0 Å². The van der Waals surface area contributed by atoms with E-state index in [0.717, 1.165) is 19.2 Å². The molecule has 16 heavy (non-hydrogen) atoms. The van der Waals surface area contributed by atoms with Gasteiger partial charge in [-0.2, -0.15) is 0 Å². The van der Waals surface area contributed by atoms with Gasteiger partial charge < -0.3 is 9.47 Å². The van der Waals surface area contributed by atoms with Gasteiger partial charge in [-0.05, 0) is 28.1 Å². The maximum Gasteiger partial charge on any atom is 0.330 e. The summed E-state index contributed by atoms with van der Waals surface area (Å²) in [5.74, 6) is -3.11. The Balaban J connectivity index is 2.56. The number of rotatable bonds is 1. The zero-order valence-corrected chi connectivity index (χ0v) is 9.71. The van der Waals surface area contributed by atoms with Gasteiger partial charge in [0.05, 0.1) is 11.6 Å². The zero-order chi connectivity index (χ0) is 11.9. The van der Waals surface area contributed by atoms with E-state index < -0.39 is 23.7 Å². The molecule has 1 aromatic carbocycles. The quantitative estimate of drug-likeness (QED) is 0.449. The van der Waals surface area contributed by atoms with E-state index in [0.29, 0.717) is 4.47 Å². The van der Waals surface area contributed by atoms with Crippen LogP contribution in [0.2, 0.25) is 0 Å². The van der Waals surface area contributed by atoms with Gasteiger partial charge in [0, 0.05) is 5.56 Å². The molecule has 1 unspecified atom stereocenters. The molecule has 0 N–H and O–H groups in total. The molecule has 0 radical (unpaired) electrons. The molecular formula is C10H6BrFO4. The standard InChI is InChI=1S/C10H6BrFO4/c1-15-9(13)7-5-2-4(12)3-6(11)8(5)16-10(7)14/h2-3,7H,1H3. The number of halogens is 2. The maximum atomic E-state index is 13.1. The molecule has 0 amide bonds. The van der Waals surface area contributed by atoms with Crippen molar-refractivity contribution in [3.8, 4) is 5.75 Å². The lowest BCUT2D eigenvalue weighted by atomic mass is 10.0. The van der Waals surface area contributed by atoms with Crippen molar-refractivity contribution in [2.24, 2.45) is 0 Å². The van der Waals surface area contributed by atoms with Crippen molar-refractivity contribution in [2.75, 3.05) is 7.11 Å². The summed E-state index contributed by atoms with van der Waals surface area (Å²) in [5, 5.41) is 0. The van der Waals surface area contributed by atoms with Crippen LogP contribution in [0.3, 0.4) is 0 Å². The van der Waals surface area contributed by atoms with E-state index in [1.807, 2.05) is 0 Å². The van der Waals surface area contributed by atoms with Crippen LogP contribution in [0.15, 0.2) is 16.6 Å². The Bertz CT molecular complexity index is 486. The number of methoxy groups -OCH3 is 1. The molecule has 2 rings (SSSR count). The fourth-order valence-corrected chi connectivity index (χ4v) is 2.06. The lowest BCUT2D eigenvalue weighted by Crippen LogP contribution is -2.21. The maximum absolute atomic E-state index is 13.1. The highest BCUT2D eigenvalue weighted by molar-refractivity contribution is 9.10. The number of carbonyl (C=O) groups excluding carboxylic acids is 2. The van der Waals surface area contributed by atoms with Gasteiger partial charge in [0.1, 0.15) is 11.6 Å². The fourth-order valence-electron chi connectivity index (χ4n) is 1.53. The van der Waals surface area contributed by atoms with Crippen LogP contribution >= 0.6 is 15.9 Å². The van der Waals surface area contributed by atoms with Crippen molar-refractivity contribution in [3.63, 3.8) is 0 Å². The molecule has 1 aliphatic heterocycles. The minimum atomic E-state index is -1.20. The summed E-state index contributed by atoms with van der Waals surface area (Å²) in [6.07, 6.45) is 0. The molecule has 0 aromatic heterocycles. The summed E-state index contributed by atoms with van der Waals surface area (Å²) in [6, 6.07) is 2.25. The highest BCUT2D eigenvalue weighted by Gasteiger charge is 2.41. The van der Waals surface area contributed by atoms with E-state index in [-0.39, 0.29) is 11.3 Å². The van der Waals surface area contributed by atoms with Gasteiger partial charge in [-0.3, -0.25) is 9.59 Å². The van der Waals surface area contributed by atoms with Crippen molar-refractivity contribution < 1.29 is 23.5 Å². The van der Waals surface area contributed by atoms with E-state index in [2.05, 4.69) is 20.7 Å². The number of ether oxygens (including phenoxy) is 2. The van der Waals surface area contributed by atoms with Crippen LogP contribution in [-0.2, 0) is 14.3 Å². The van der Waals surface area contributed by atoms with Crippen LogP contribution in [0.4, 0.5) is 4.39 Å².